The first kappa shape index (κ1) is 19.3. The molecule has 0 spiro atoms. The number of hydrogen-bond donors (Lipinski definition) is 0. The molecule has 1 aliphatic rings. The van der Waals surface area contributed by atoms with Crippen LogP contribution < -0.4 is 4.90 Å². The quantitative estimate of drug-likeness (QED) is 0.633. The number of benzene rings is 2. The number of rotatable bonds is 6. The molecule has 2 aromatic carbocycles. The summed E-state index contributed by atoms with van der Waals surface area (Å²) in [5.41, 5.74) is 2.17. The van der Waals surface area contributed by atoms with E-state index in [1.165, 1.54) is 5.56 Å². The zero-order valence-electron chi connectivity index (χ0n) is 16.7. The molecule has 0 atom stereocenters. The second-order valence-corrected chi connectivity index (χ2v) is 7.37. The van der Waals surface area contributed by atoms with Gasteiger partial charge < -0.3 is 4.42 Å². The van der Waals surface area contributed by atoms with Crippen LogP contribution in [0.2, 0.25) is 0 Å². The predicted octanol–water partition coefficient (Wildman–Crippen LogP) is 4.14. The Labute approximate surface area is 171 Å². The van der Waals surface area contributed by atoms with Crippen molar-refractivity contribution in [1.82, 2.24) is 15.1 Å². The summed E-state index contributed by atoms with van der Waals surface area (Å²) in [6, 6.07) is 20.5. The highest BCUT2D eigenvalue weighted by Crippen LogP contribution is 2.27. The molecule has 1 fully saturated rings. The highest BCUT2D eigenvalue weighted by Gasteiger charge is 2.32. The van der Waals surface area contributed by atoms with E-state index >= 15 is 0 Å². The minimum atomic E-state index is 0.0229. The van der Waals surface area contributed by atoms with Gasteiger partial charge in [-0.3, -0.25) is 14.6 Å². The molecule has 0 unspecified atom stereocenters. The first-order valence-electron chi connectivity index (χ1n) is 10.2. The molecule has 0 saturated carbocycles. The van der Waals surface area contributed by atoms with Crippen molar-refractivity contribution in [2.75, 3.05) is 18.0 Å². The lowest BCUT2D eigenvalue weighted by Gasteiger charge is -2.36. The molecular weight excluding hydrogens is 364 g/mol. The molecule has 6 heteroatoms. The fourth-order valence-corrected chi connectivity index (χ4v) is 3.82. The summed E-state index contributed by atoms with van der Waals surface area (Å²) in [5.74, 6) is 0.464. The molecule has 1 aliphatic heterocycles. The second-order valence-electron chi connectivity index (χ2n) is 7.37. The predicted molar refractivity (Wildman–Crippen MR) is 112 cm³/mol. The van der Waals surface area contributed by atoms with Crippen molar-refractivity contribution in [3.63, 3.8) is 0 Å². The summed E-state index contributed by atoms with van der Waals surface area (Å²) in [4.78, 5) is 16.9. The summed E-state index contributed by atoms with van der Waals surface area (Å²) in [5, 5.41) is 8.37. The number of carbonyl (C=O) groups is 1. The number of anilines is 1. The lowest BCUT2D eigenvalue weighted by Crippen LogP contribution is -2.47. The number of likely N-dealkylation sites (tertiary alicyclic amines) is 1. The Morgan fingerprint density at radius 2 is 1.69 bits per heavy atom. The molecule has 2 heterocycles. The van der Waals surface area contributed by atoms with Gasteiger partial charge in [0.1, 0.15) is 0 Å². The lowest BCUT2D eigenvalue weighted by atomic mass is 10.0. The molecule has 150 valence electrons. The molecular formula is C23H26N4O2. The molecule has 29 heavy (non-hydrogen) atoms. The maximum Gasteiger partial charge on any atom is 0.325 e. The molecule has 1 saturated heterocycles. The van der Waals surface area contributed by atoms with Crippen LogP contribution in [-0.4, -0.2) is 40.1 Å². The lowest BCUT2D eigenvalue weighted by molar-refractivity contribution is -0.119. The SMILES string of the molecule is CCC(=O)N(c1nnc(-c2ccccc2)o1)C1CCN(Cc2ccccc2)CC1. The van der Waals surface area contributed by atoms with Crippen molar-refractivity contribution in [2.24, 2.45) is 0 Å². The average molecular weight is 390 g/mol. The summed E-state index contributed by atoms with van der Waals surface area (Å²) in [7, 11) is 0. The third-order valence-electron chi connectivity index (χ3n) is 5.38. The van der Waals surface area contributed by atoms with Crippen LogP contribution in [0.3, 0.4) is 0 Å². The van der Waals surface area contributed by atoms with Gasteiger partial charge in [0.2, 0.25) is 11.8 Å². The van der Waals surface area contributed by atoms with Crippen molar-refractivity contribution in [3.05, 3.63) is 66.2 Å². The average Bonchev–Trinajstić information content (AvgIpc) is 3.26. The Morgan fingerprint density at radius 3 is 2.34 bits per heavy atom. The van der Waals surface area contributed by atoms with Gasteiger partial charge in [-0.2, -0.15) is 0 Å². The molecule has 6 nitrogen and oxygen atoms in total. The van der Waals surface area contributed by atoms with E-state index in [9.17, 15) is 4.79 Å². The molecule has 1 aromatic heterocycles. The van der Waals surface area contributed by atoms with Gasteiger partial charge in [-0.15, -0.1) is 5.10 Å². The van der Waals surface area contributed by atoms with Crippen LogP contribution in [0.4, 0.5) is 6.01 Å². The normalized spacial score (nSPS) is 15.3. The molecule has 1 amide bonds. The van der Waals surface area contributed by atoms with Crippen molar-refractivity contribution in [3.8, 4) is 11.5 Å². The third kappa shape index (κ3) is 4.54. The van der Waals surface area contributed by atoms with Crippen molar-refractivity contribution in [1.29, 1.82) is 0 Å². The first-order valence-corrected chi connectivity index (χ1v) is 10.2. The number of aromatic nitrogens is 2. The number of piperidine rings is 1. The fourth-order valence-electron chi connectivity index (χ4n) is 3.82. The maximum absolute atomic E-state index is 12.7. The van der Waals surface area contributed by atoms with Crippen LogP contribution in [0.25, 0.3) is 11.5 Å². The topological polar surface area (TPSA) is 62.5 Å². The highest BCUT2D eigenvalue weighted by atomic mass is 16.4. The van der Waals surface area contributed by atoms with Gasteiger partial charge >= 0.3 is 6.01 Å². The maximum atomic E-state index is 12.7. The van der Waals surface area contributed by atoms with E-state index in [0.717, 1.165) is 38.0 Å². The Kier molecular flexibility index (Phi) is 6.00. The molecule has 0 N–H and O–H groups in total. The minimum absolute atomic E-state index is 0.0229. The van der Waals surface area contributed by atoms with Gasteiger partial charge in [0, 0.05) is 37.7 Å². The van der Waals surface area contributed by atoms with E-state index in [1.54, 1.807) is 4.90 Å². The van der Waals surface area contributed by atoms with Crippen molar-refractivity contribution >= 4 is 11.9 Å². The Hall–Kier alpha value is -2.99. The van der Waals surface area contributed by atoms with Gasteiger partial charge in [0.15, 0.2) is 0 Å². The van der Waals surface area contributed by atoms with Crippen LogP contribution in [0, 0.1) is 0 Å². The second kappa shape index (κ2) is 9.01. The van der Waals surface area contributed by atoms with Crippen LogP contribution in [0.15, 0.2) is 65.1 Å². The zero-order valence-corrected chi connectivity index (χ0v) is 16.7. The van der Waals surface area contributed by atoms with Crippen LogP contribution in [0.1, 0.15) is 31.7 Å². The Balaban J connectivity index is 1.46. The Bertz CT molecular complexity index is 918. The van der Waals surface area contributed by atoms with Crippen molar-refractivity contribution < 1.29 is 9.21 Å². The van der Waals surface area contributed by atoms with Crippen LogP contribution in [0.5, 0.6) is 0 Å². The fraction of sp³-hybridized carbons (Fsp3) is 0.348. The van der Waals surface area contributed by atoms with E-state index in [-0.39, 0.29) is 11.9 Å². The third-order valence-corrected chi connectivity index (χ3v) is 5.38. The molecule has 3 aromatic rings. The summed E-state index contributed by atoms with van der Waals surface area (Å²) >= 11 is 0. The van der Waals surface area contributed by atoms with Gasteiger partial charge in [-0.25, -0.2) is 0 Å². The van der Waals surface area contributed by atoms with E-state index in [4.69, 9.17) is 4.42 Å². The van der Waals surface area contributed by atoms with Crippen molar-refractivity contribution in [2.45, 2.75) is 38.8 Å². The smallest absolute Gasteiger partial charge is 0.325 e. The van der Waals surface area contributed by atoms with Gasteiger partial charge in [-0.1, -0.05) is 60.6 Å². The number of hydrogen-bond acceptors (Lipinski definition) is 5. The molecule has 4 rings (SSSR count). The van der Waals surface area contributed by atoms with Gasteiger partial charge in [0.25, 0.3) is 0 Å². The summed E-state index contributed by atoms with van der Waals surface area (Å²) in [6.45, 7) is 4.68. The monoisotopic (exact) mass is 390 g/mol. The van der Waals surface area contributed by atoms with E-state index in [2.05, 4.69) is 39.4 Å². The largest absolute Gasteiger partial charge is 0.403 e. The number of amides is 1. The Morgan fingerprint density at radius 1 is 1.03 bits per heavy atom. The molecule has 0 radical (unpaired) electrons. The molecule has 0 bridgehead atoms. The van der Waals surface area contributed by atoms with Gasteiger partial charge in [-0.05, 0) is 30.5 Å². The summed E-state index contributed by atoms with van der Waals surface area (Å²) in [6.07, 6.45) is 2.19. The number of carbonyl (C=O) groups excluding carboxylic acids is 1. The van der Waals surface area contributed by atoms with E-state index < -0.39 is 0 Å². The summed E-state index contributed by atoms with van der Waals surface area (Å²) < 4.78 is 5.90. The highest BCUT2D eigenvalue weighted by molar-refractivity contribution is 5.91. The van der Waals surface area contributed by atoms with Gasteiger partial charge in [0.05, 0.1) is 0 Å². The van der Waals surface area contributed by atoms with E-state index in [0.29, 0.717) is 18.3 Å². The standard InChI is InChI=1S/C23H26N4O2/c1-2-21(28)27(23-25-24-22(29-23)19-11-7-4-8-12-19)20-13-15-26(16-14-20)17-18-9-5-3-6-10-18/h3-12,20H,2,13-17H2,1H3. The minimum Gasteiger partial charge on any atom is -0.403 e. The van der Waals surface area contributed by atoms with Crippen LogP contribution >= 0.6 is 0 Å². The molecule has 0 aliphatic carbocycles. The zero-order chi connectivity index (χ0) is 20.1. The van der Waals surface area contributed by atoms with E-state index in [1.807, 2.05) is 43.3 Å². The first-order chi connectivity index (χ1) is 14.2. The van der Waals surface area contributed by atoms with Crippen LogP contribution in [-0.2, 0) is 11.3 Å². The number of nitrogens with zero attached hydrogens (tertiary/aromatic N) is 4.